The lowest BCUT2D eigenvalue weighted by atomic mass is 10.1. The van der Waals surface area contributed by atoms with Crippen molar-refractivity contribution in [2.24, 2.45) is 5.92 Å². The number of benzene rings is 1. The van der Waals surface area contributed by atoms with Gasteiger partial charge in [0.2, 0.25) is 0 Å². The number of hydrogen-bond donors (Lipinski definition) is 1. The van der Waals surface area contributed by atoms with Crippen molar-refractivity contribution >= 4 is 22.4 Å². The van der Waals surface area contributed by atoms with Gasteiger partial charge >= 0.3 is 5.97 Å². The smallest absolute Gasteiger partial charge is 0.308 e. The minimum atomic E-state index is -0.784. The van der Waals surface area contributed by atoms with Crippen molar-refractivity contribution in [2.45, 2.75) is 20.8 Å². The third-order valence-electron chi connectivity index (χ3n) is 3.59. The number of aromatic nitrogens is 1. The van der Waals surface area contributed by atoms with Crippen molar-refractivity contribution in [2.75, 3.05) is 18.5 Å². The fraction of sp³-hybridized carbons (Fsp3) is 0.375. The molecular formula is C16H20N2O2S. The minimum Gasteiger partial charge on any atom is -0.481 e. The van der Waals surface area contributed by atoms with Crippen LogP contribution in [0.15, 0.2) is 23.6 Å². The third-order valence-corrected chi connectivity index (χ3v) is 4.55. The lowest BCUT2D eigenvalue weighted by molar-refractivity contribution is -0.140. The van der Waals surface area contributed by atoms with Gasteiger partial charge in [-0.15, -0.1) is 11.3 Å². The van der Waals surface area contributed by atoms with Crippen LogP contribution in [0, 0.1) is 19.8 Å². The largest absolute Gasteiger partial charge is 0.481 e. The first-order valence-electron chi connectivity index (χ1n) is 6.85. The van der Waals surface area contributed by atoms with E-state index in [9.17, 15) is 4.79 Å². The topological polar surface area (TPSA) is 53.4 Å². The Morgan fingerprint density at radius 2 is 2.10 bits per heavy atom. The van der Waals surface area contributed by atoms with Crippen molar-refractivity contribution in [3.05, 3.63) is 34.7 Å². The molecule has 0 saturated heterocycles. The van der Waals surface area contributed by atoms with Crippen LogP contribution in [0.4, 0.5) is 5.13 Å². The van der Waals surface area contributed by atoms with Crippen LogP contribution >= 0.6 is 11.3 Å². The summed E-state index contributed by atoms with van der Waals surface area (Å²) in [6, 6.07) is 6.30. The summed E-state index contributed by atoms with van der Waals surface area (Å²) in [5.41, 5.74) is 4.55. The number of carbonyl (C=O) groups is 1. The van der Waals surface area contributed by atoms with Gasteiger partial charge in [0.1, 0.15) is 0 Å². The Morgan fingerprint density at radius 3 is 2.71 bits per heavy atom. The van der Waals surface area contributed by atoms with Gasteiger partial charge in [0.05, 0.1) is 11.6 Å². The van der Waals surface area contributed by atoms with Gasteiger partial charge in [-0.3, -0.25) is 4.79 Å². The first kappa shape index (κ1) is 15.5. The highest BCUT2D eigenvalue weighted by Crippen LogP contribution is 2.28. The molecule has 112 valence electrons. The summed E-state index contributed by atoms with van der Waals surface area (Å²) < 4.78 is 0. The average Bonchev–Trinajstić information content (AvgIpc) is 2.91. The molecule has 1 atom stereocenters. The summed E-state index contributed by atoms with van der Waals surface area (Å²) in [6.45, 7) is 6.34. The Balaban J connectivity index is 2.17. The first-order chi connectivity index (χ1) is 9.88. The monoisotopic (exact) mass is 304 g/mol. The Hall–Kier alpha value is -1.88. The van der Waals surface area contributed by atoms with Crippen LogP contribution in [0.2, 0.25) is 0 Å². The summed E-state index contributed by atoms with van der Waals surface area (Å²) in [6.07, 6.45) is 0. The van der Waals surface area contributed by atoms with Crippen LogP contribution in [0.3, 0.4) is 0 Å². The van der Waals surface area contributed by atoms with Crippen LogP contribution in [0.1, 0.15) is 18.1 Å². The summed E-state index contributed by atoms with van der Waals surface area (Å²) in [5.74, 6) is -1.20. The zero-order valence-corrected chi connectivity index (χ0v) is 13.6. The molecule has 0 fully saturated rings. The predicted octanol–water partition coefficient (Wildman–Crippen LogP) is 3.58. The van der Waals surface area contributed by atoms with E-state index in [1.54, 1.807) is 6.92 Å². The number of aryl methyl sites for hydroxylation is 2. The Kier molecular flexibility index (Phi) is 4.63. The molecule has 1 unspecified atom stereocenters. The van der Waals surface area contributed by atoms with E-state index in [1.165, 1.54) is 22.5 Å². The summed E-state index contributed by atoms with van der Waals surface area (Å²) in [4.78, 5) is 17.4. The number of carboxylic acid groups (broad SMARTS) is 1. The van der Waals surface area contributed by atoms with E-state index < -0.39 is 11.9 Å². The molecule has 0 bridgehead atoms. The molecule has 1 aromatic carbocycles. The van der Waals surface area contributed by atoms with E-state index in [-0.39, 0.29) is 0 Å². The van der Waals surface area contributed by atoms with Gasteiger partial charge in [-0.25, -0.2) is 4.98 Å². The van der Waals surface area contributed by atoms with E-state index in [2.05, 4.69) is 37.0 Å². The number of hydrogen-bond acceptors (Lipinski definition) is 4. The van der Waals surface area contributed by atoms with Crippen LogP contribution < -0.4 is 4.90 Å². The number of thiazole rings is 1. The van der Waals surface area contributed by atoms with E-state index in [4.69, 9.17) is 5.11 Å². The highest BCUT2D eigenvalue weighted by Gasteiger charge is 2.16. The molecule has 2 aromatic rings. The normalized spacial score (nSPS) is 12.2. The molecule has 0 aliphatic rings. The first-order valence-corrected chi connectivity index (χ1v) is 7.73. The molecule has 0 radical (unpaired) electrons. The molecule has 2 rings (SSSR count). The maximum atomic E-state index is 10.9. The third kappa shape index (κ3) is 3.61. The Bertz CT molecular complexity index is 651. The van der Waals surface area contributed by atoms with E-state index in [1.807, 2.05) is 17.3 Å². The van der Waals surface area contributed by atoms with Crippen molar-refractivity contribution in [3.63, 3.8) is 0 Å². The van der Waals surface area contributed by atoms with Gasteiger partial charge in [-0.05, 0) is 31.0 Å². The zero-order valence-electron chi connectivity index (χ0n) is 12.8. The summed E-state index contributed by atoms with van der Waals surface area (Å²) in [5, 5.41) is 11.8. The van der Waals surface area contributed by atoms with Crippen LogP contribution in [0.25, 0.3) is 11.3 Å². The molecule has 1 N–H and O–H groups in total. The summed E-state index contributed by atoms with van der Waals surface area (Å²) in [7, 11) is 1.88. The molecule has 4 nitrogen and oxygen atoms in total. The van der Waals surface area contributed by atoms with Gasteiger partial charge in [-0.2, -0.15) is 0 Å². The lowest BCUT2D eigenvalue weighted by Gasteiger charge is -2.18. The second-order valence-electron chi connectivity index (χ2n) is 5.43. The maximum Gasteiger partial charge on any atom is 0.308 e. The van der Waals surface area contributed by atoms with Crippen LogP contribution in [-0.2, 0) is 4.79 Å². The number of carboxylic acids is 1. The molecule has 1 aromatic heterocycles. The maximum absolute atomic E-state index is 10.9. The standard InChI is InChI=1S/C16H20N2O2S/c1-10-5-6-13(7-11(10)2)14-9-21-16(17-14)18(4)8-12(3)15(19)20/h5-7,9,12H,8H2,1-4H3,(H,19,20). The molecular weight excluding hydrogens is 284 g/mol. The van der Waals surface area contributed by atoms with Gasteiger partial charge in [0.15, 0.2) is 5.13 Å². The molecule has 0 amide bonds. The fourth-order valence-corrected chi connectivity index (χ4v) is 2.85. The lowest BCUT2D eigenvalue weighted by Crippen LogP contribution is -2.28. The molecule has 0 aliphatic heterocycles. The number of anilines is 1. The minimum absolute atomic E-state index is 0.413. The summed E-state index contributed by atoms with van der Waals surface area (Å²) >= 11 is 1.54. The average molecular weight is 304 g/mol. The number of nitrogens with zero attached hydrogens (tertiary/aromatic N) is 2. The highest BCUT2D eigenvalue weighted by molar-refractivity contribution is 7.14. The predicted molar refractivity (Wildman–Crippen MR) is 87.1 cm³/mol. The molecule has 21 heavy (non-hydrogen) atoms. The Morgan fingerprint density at radius 1 is 1.38 bits per heavy atom. The molecule has 0 aliphatic carbocycles. The molecule has 0 spiro atoms. The van der Waals surface area contributed by atoms with Crippen molar-refractivity contribution in [1.82, 2.24) is 4.98 Å². The fourth-order valence-electron chi connectivity index (χ4n) is 2.04. The van der Waals surface area contributed by atoms with Gasteiger partial charge in [0, 0.05) is 24.5 Å². The van der Waals surface area contributed by atoms with E-state index in [0.717, 1.165) is 16.4 Å². The van der Waals surface area contributed by atoms with Crippen molar-refractivity contribution in [3.8, 4) is 11.3 Å². The van der Waals surface area contributed by atoms with E-state index in [0.29, 0.717) is 6.54 Å². The second kappa shape index (κ2) is 6.26. The second-order valence-corrected chi connectivity index (χ2v) is 6.27. The van der Waals surface area contributed by atoms with Crippen molar-refractivity contribution in [1.29, 1.82) is 0 Å². The van der Waals surface area contributed by atoms with Crippen LogP contribution in [0.5, 0.6) is 0 Å². The molecule has 0 saturated carbocycles. The zero-order chi connectivity index (χ0) is 15.6. The van der Waals surface area contributed by atoms with Crippen molar-refractivity contribution < 1.29 is 9.90 Å². The SMILES string of the molecule is Cc1ccc(-c2csc(N(C)CC(C)C(=O)O)n2)cc1C. The quantitative estimate of drug-likeness (QED) is 0.917. The molecule has 5 heteroatoms. The van der Waals surface area contributed by atoms with E-state index >= 15 is 0 Å². The van der Waals surface area contributed by atoms with Crippen LogP contribution in [-0.4, -0.2) is 29.7 Å². The van der Waals surface area contributed by atoms with Gasteiger partial charge in [-0.1, -0.05) is 19.1 Å². The Labute approximate surface area is 129 Å². The number of rotatable bonds is 5. The van der Waals surface area contributed by atoms with Gasteiger partial charge < -0.3 is 10.0 Å². The molecule has 1 heterocycles. The van der Waals surface area contributed by atoms with Gasteiger partial charge in [0.25, 0.3) is 0 Å². The number of aliphatic carboxylic acids is 1. The highest BCUT2D eigenvalue weighted by atomic mass is 32.1.